The smallest absolute Gasteiger partial charge is 0.170 e. The van der Waals surface area contributed by atoms with E-state index < -0.39 is 5.41 Å². The molecule has 0 N–H and O–H groups in total. The number of nitrogens with zero attached hydrogens (tertiary/aromatic N) is 1. The first-order chi connectivity index (χ1) is 5.64. The minimum Gasteiger partial charge on any atom is -0.301 e. The van der Waals surface area contributed by atoms with Crippen LogP contribution in [0, 0.1) is 22.7 Å². The second-order valence-corrected chi connectivity index (χ2v) is 3.47. The number of rotatable bonds is 1. The van der Waals surface area contributed by atoms with E-state index in [2.05, 4.69) is 0 Å². The second-order valence-electron chi connectivity index (χ2n) is 3.47. The van der Waals surface area contributed by atoms with Gasteiger partial charge in [0, 0.05) is 6.42 Å². The van der Waals surface area contributed by atoms with E-state index in [4.69, 9.17) is 5.26 Å². The van der Waals surface area contributed by atoms with Crippen molar-refractivity contribution in [2.24, 2.45) is 11.3 Å². The molecule has 3 nitrogen and oxygen atoms in total. The summed E-state index contributed by atoms with van der Waals surface area (Å²) in [6, 6.07) is 1.82. The summed E-state index contributed by atoms with van der Waals surface area (Å²) in [5, 5.41) is 8.70. The van der Waals surface area contributed by atoms with Gasteiger partial charge in [0.15, 0.2) is 11.2 Å². The molecule has 1 fully saturated rings. The van der Waals surface area contributed by atoms with Gasteiger partial charge in [-0.2, -0.15) is 5.26 Å². The van der Waals surface area contributed by atoms with Crippen molar-refractivity contribution in [2.45, 2.75) is 26.2 Å². The number of aldehydes is 1. The van der Waals surface area contributed by atoms with Crippen LogP contribution in [0.4, 0.5) is 0 Å². The van der Waals surface area contributed by atoms with Crippen LogP contribution >= 0.6 is 0 Å². The van der Waals surface area contributed by atoms with Gasteiger partial charge in [-0.1, -0.05) is 6.92 Å². The largest absolute Gasteiger partial charge is 0.301 e. The van der Waals surface area contributed by atoms with E-state index in [1.54, 1.807) is 0 Å². The van der Waals surface area contributed by atoms with Gasteiger partial charge in [-0.15, -0.1) is 0 Å². The molecular weight excluding hydrogens is 154 g/mol. The first kappa shape index (κ1) is 8.92. The van der Waals surface area contributed by atoms with Gasteiger partial charge in [-0.25, -0.2) is 0 Å². The SMILES string of the molecule is CC1CC[C@](C#N)(C=O)C(=O)C1. The molecule has 0 amide bonds. The van der Waals surface area contributed by atoms with Crippen molar-refractivity contribution in [1.29, 1.82) is 5.26 Å². The van der Waals surface area contributed by atoms with Gasteiger partial charge in [0.05, 0.1) is 6.07 Å². The Hall–Kier alpha value is -1.17. The fourth-order valence-corrected chi connectivity index (χ4v) is 1.48. The first-order valence-corrected chi connectivity index (χ1v) is 4.05. The lowest BCUT2D eigenvalue weighted by Crippen LogP contribution is -2.36. The molecule has 0 aliphatic heterocycles. The highest BCUT2D eigenvalue weighted by Gasteiger charge is 2.41. The summed E-state index contributed by atoms with van der Waals surface area (Å²) in [5.41, 5.74) is -1.31. The molecule has 0 spiro atoms. The van der Waals surface area contributed by atoms with Crippen molar-refractivity contribution < 1.29 is 9.59 Å². The summed E-state index contributed by atoms with van der Waals surface area (Å²) < 4.78 is 0. The molecule has 1 aliphatic rings. The van der Waals surface area contributed by atoms with Crippen LogP contribution in [0.1, 0.15) is 26.2 Å². The summed E-state index contributed by atoms with van der Waals surface area (Å²) in [7, 11) is 0. The minimum atomic E-state index is -1.31. The Kier molecular flexibility index (Phi) is 2.27. The van der Waals surface area contributed by atoms with Crippen molar-refractivity contribution in [3.05, 3.63) is 0 Å². The van der Waals surface area contributed by atoms with Crippen LogP contribution < -0.4 is 0 Å². The monoisotopic (exact) mass is 165 g/mol. The molecule has 0 aromatic carbocycles. The van der Waals surface area contributed by atoms with E-state index in [0.717, 1.165) is 6.42 Å². The highest BCUT2D eigenvalue weighted by atomic mass is 16.1. The lowest BCUT2D eigenvalue weighted by molar-refractivity contribution is -0.134. The van der Waals surface area contributed by atoms with Crippen molar-refractivity contribution in [3.8, 4) is 6.07 Å². The molecule has 0 saturated heterocycles. The van der Waals surface area contributed by atoms with Crippen molar-refractivity contribution >= 4 is 12.1 Å². The van der Waals surface area contributed by atoms with E-state index >= 15 is 0 Å². The van der Waals surface area contributed by atoms with Crippen molar-refractivity contribution in [2.75, 3.05) is 0 Å². The molecule has 0 aromatic rings. The number of nitriles is 1. The molecule has 0 heterocycles. The molecule has 1 rings (SSSR count). The third kappa shape index (κ3) is 1.25. The van der Waals surface area contributed by atoms with Gasteiger partial charge in [-0.05, 0) is 18.8 Å². The maximum atomic E-state index is 11.3. The lowest BCUT2D eigenvalue weighted by Gasteiger charge is -2.27. The van der Waals surface area contributed by atoms with E-state index in [0.29, 0.717) is 25.0 Å². The molecule has 1 unspecified atom stereocenters. The summed E-state index contributed by atoms with van der Waals surface area (Å²) in [6.45, 7) is 1.96. The number of hydrogen-bond donors (Lipinski definition) is 0. The van der Waals surface area contributed by atoms with Gasteiger partial charge in [0.2, 0.25) is 0 Å². The van der Waals surface area contributed by atoms with E-state index in [9.17, 15) is 9.59 Å². The van der Waals surface area contributed by atoms with Crippen LogP contribution in [-0.2, 0) is 9.59 Å². The molecule has 1 saturated carbocycles. The van der Waals surface area contributed by atoms with Crippen LogP contribution in [0.5, 0.6) is 0 Å². The third-order valence-corrected chi connectivity index (χ3v) is 2.46. The quantitative estimate of drug-likeness (QED) is 0.431. The zero-order chi connectivity index (χ0) is 9.19. The minimum absolute atomic E-state index is 0.209. The van der Waals surface area contributed by atoms with Crippen LogP contribution in [0.25, 0.3) is 0 Å². The Morgan fingerprint density at radius 1 is 1.75 bits per heavy atom. The average molecular weight is 165 g/mol. The maximum absolute atomic E-state index is 11.3. The molecule has 0 bridgehead atoms. The molecule has 12 heavy (non-hydrogen) atoms. The van der Waals surface area contributed by atoms with Gasteiger partial charge in [-0.3, -0.25) is 4.79 Å². The normalized spacial score (nSPS) is 35.7. The highest BCUT2D eigenvalue weighted by Crippen LogP contribution is 2.33. The molecular formula is C9H11NO2. The van der Waals surface area contributed by atoms with Crippen LogP contribution in [-0.4, -0.2) is 12.1 Å². The predicted molar refractivity (Wildman–Crippen MR) is 42.1 cm³/mol. The Bertz CT molecular complexity index is 254. The molecule has 64 valence electrons. The number of hydrogen-bond acceptors (Lipinski definition) is 3. The lowest BCUT2D eigenvalue weighted by atomic mass is 9.72. The molecule has 0 radical (unpaired) electrons. The molecule has 0 aromatic heterocycles. The third-order valence-electron chi connectivity index (χ3n) is 2.46. The Balaban J connectivity index is 2.87. The zero-order valence-corrected chi connectivity index (χ0v) is 7.04. The van der Waals surface area contributed by atoms with Gasteiger partial charge in [0.25, 0.3) is 0 Å². The number of ketones is 1. The molecule has 2 atom stereocenters. The van der Waals surface area contributed by atoms with E-state index in [1.165, 1.54) is 0 Å². The van der Waals surface area contributed by atoms with Crippen molar-refractivity contribution in [3.63, 3.8) is 0 Å². The molecule has 1 aliphatic carbocycles. The van der Waals surface area contributed by atoms with E-state index in [1.807, 2.05) is 13.0 Å². The summed E-state index contributed by atoms with van der Waals surface area (Å²) in [4.78, 5) is 21.9. The van der Waals surface area contributed by atoms with Crippen LogP contribution in [0.15, 0.2) is 0 Å². The number of Topliss-reactive ketones (excluding diaryl/α,β-unsaturated/α-hetero) is 1. The first-order valence-electron chi connectivity index (χ1n) is 4.05. The van der Waals surface area contributed by atoms with Crippen LogP contribution in [0.3, 0.4) is 0 Å². The van der Waals surface area contributed by atoms with Crippen LogP contribution in [0.2, 0.25) is 0 Å². The Morgan fingerprint density at radius 3 is 2.83 bits per heavy atom. The van der Waals surface area contributed by atoms with Gasteiger partial charge < -0.3 is 4.79 Å². The zero-order valence-electron chi connectivity index (χ0n) is 7.04. The predicted octanol–water partition coefficient (Wildman–Crippen LogP) is 1.08. The standard InChI is InChI=1S/C9H11NO2/c1-7-2-3-9(5-10,6-11)8(12)4-7/h6-7H,2-4H2,1H3/t7?,9-/m0/s1. The topological polar surface area (TPSA) is 57.9 Å². The summed E-state index contributed by atoms with van der Waals surface area (Å²) in [5.74, 6) is 0.109. The van der Waals surface area contributed by atoms with E-state index in [-0.39, 0.29) is 5.78 Å². The second kappa shape index (κ2) is 3.06. The number of carbonyl (C=O) groups is 2. The Labute approximate surface area is 71.4 Å². The molecule has 3 heteroatoms. The van der Waals surface area contributed by atoms with Gasteiger partial charge >= 0.3 is 0 Å². The van der Waals surface area contributed by atoms with Gasteiger partial charge in [0.1, 0.15) is 6.29 Å². The fraction of sp³-hybridized carbons (Fsp3) is 0.667. The highest BCUT2D eigenvalue weighted by molar-refractivity contribution is 6.01. The fourth-order valence-electron chi connectivity index (χ4n) is 1.48. The summed E-state index contributed by atoms with van der Waals surface area (Å²) in [6.07, 6.45) is 2.05. The average Bonchev–Trinajstić information content (AvgIpc) is 2.06. The van der Waals surface area contributed by atoms with Crippen molar-refractivity contribution in [1.82, 2.24) is 0 Å². The summed E-state index contributed by atoms with van der Waals surface area (Å²) >= 11 is 0. The number of carbonyl (C=O) groups excluding carboxylic acids is 2. The Morgan fingerprint density at radius 2 is 2.42 bits per heavy atom. The maximum Gasteiger partial charge on any atom is 0.170 e.